The highest BCUT2D eigenvalue weighted by atomic mass is 32.1. The molecule has 0 fully saturated rings. The van der Waals surface area contributed by atoms with Crippen molar-refractivity contribution in [1.29, 1.82) is 0 Å². The Hall–Kier alpha value is -1.85. The number of anilines is 2. The van der Waals surface area contributed by atoms with Gasteiger partial charge in [0.15, 0.2) is 0 Å². The van der Waals surface area contributed by atoms with Gasteiger partial charge in [-0.25, -0.2) is 0 Å². The largest absolute Gasteiger partial charge is 0.387 e. The van der Waals surface area contributed by atoms with Gasteiger partial charge in [0, 0.05) is 29.3 Å². The van der Waals surface area contributed by atoms with Crippen LogP contribution in [0.2, 0.25) is 0 Å². The third-order valence-electron chi connectivity index (χ3n) is 3.47. The van der Waals surface area contributed by atoms with Gasteiger partial charge >= 0.3 is 0 Å². The summed E-state index contributed by atoms with van der Waals surface area (Å²) in [5, 5.41) is 13.5. The van der Waals surface area contributed by atoms with Crippen LogP contribution in [0, 0.1) is 0 Å². The molecule has 2 aromatic rings. The molecule has 4 nitrogen and oxygen atoms in total. The Morgan fingerprint density at radius 1 is 1.30 bits per heavy atom. The van der Waals surface area contributed by atoms with Crippen molar-refractivity contribution < 1.29 is 9.90 Å². The molecule has 1 aromatic heterocycles. The fourth-order valence-electron chi connectivity index (χ4n) is 2.42. The number of aliphatic hydroxyl groups is 1. The monoisotopic (exact) mass is 288 g/mol. The first-order valence-corrected chi connectivity index (χ1v) is 7.45. The van der Waals surface area contributed by atoms with Gasteiger partial charge in [0.2, 0.25) is 5.91 Å². The average molecular weight is 288 g/mol. The first-order chi connectivity index (χ1) is 9.76. The number of hydrogen-bond acceptors (Lipinski definition) is 4. The van der Waals surface area contributed by atoms with E-state index in [1.54, 1.807) is 0 Å². The molecule has 0 unspecified atom stereocenters. The predicted molar refractivity (Wildman–Crippen MR) is 81.2 cm³/mol. The summed E-state index contributed by atoms with van der Waals surface area (Å²) >= 11 is 1.84. The number of fused-ring (bicyclic) bond motifs is 1. The van der Waals surface area contributed by atoms with Crippen LogP contribution < -0.4 is 10.2 Å². The van der Waals surface area contributed by atoms with Crippen molar-refractivity contribution in [2.24, 2.45) is 0 Å². The molecular weight excluding hydrogens is 272 g/mol. The standard InChI is InChI=1S/C15H16N2O2S/c18-10-15(19)16-12-1-3-13(4-2-12)17-7-5-14-11(9-17)6-8-20-14/h1-4,6,8,18H,5,7,9-10H2,(H,16,19). The molecule has 104 valence electrons. The summed E-state index contributed by atoms with van der Waals surface area (Å²) in [5.41, 5.74) is 3.28. The zero-order chi connectivity index (χ0) is 13.9. The van der Waals surface area contributed by atoms with Gasteiger partial charge in [-0.05, 0) is 47.7 Å². The van der Waals surface area contributed by atoms with Crippen LogP contribution >= 0.6 is 11.3 Å². The number of nitrogens with zero attached hydrogens (tertiary/aromatic N) is 1. The molecule has 0 atom stereocenters. The Morgan fingerprint density at radius 3 is 2.85 bits per heavy atom. The van der Waals surface area contributed by atoms with Gasteiger partial charge < -0.3 is 15.3 Å². The van der Waals surface area contributed by atoms with Crippen LogP contribution in [0.3, 0.4) is 0 Å². The number of nitrogens with one attached hydrogen (secondary N) is 1. The fourth-order valence-corrected chi connectivity index (χ4v) is 3.31. The van der Waals surface area contributed by atoms with Gasteiger partial charge in [-0.15, -0.1) is 11.3 Å². The number of benzene rings is 1. The maximum Gasteiger partial charge on any atom is 0.250 e. The zero-order valence-corrected chi connectivity index (χ0v) is 11.8. The fraction of sp³-hybridized carbons (Fsp3) is 0.267. The van der Waals surface area contributed by atoms with Crippen LogP contribution in [-0.4, -0.2) is 24.2 Å². The summed E-state index contributed by atoms with van der Waals surface area (Å²) in [5.74, 6) is -0.390. The van der Waals surface area contributed by atoms with Crippen LogP contribution in [0.15, 0.2) is 35.7 Å². The van der Waals surface area contributed by atoms with Gasteiger partial charge in [0.25, 0.3) is 0 Å². The highest BCUT2D eigenvalue weighted by Crippen LogP contribution is 2.28. The van der Waals surface area contributed by atoms with Crippen LogP contribution in [-0.2, 0) is 17.8 Å². The van der Waals surface area contributed by atoms with E-state index in [4.69, 9.17) is 5.11 Å². The highest BCUT2D eigenvalue weighted by Gasteiger charge is 2.17. The van der Waals surface area contributed by atoms with Crippen LogP contribution in [0.5, 0.6) is 0 Å². The smallest absolute Gasteiger partial charge is 0.250 e. The topological polar surface area (TPSA) is 52.6 Å². The molecule has 1 amide bonds. The van der Waals surface area contributed by atoms with Crippen LogP contribution in [0.25, 0.3) is 0 Å². The number of rotatable bonds is 3. The number of amides is 1. The van der Waals surface area contributed by atoms with Gasteiger partial charge in [0.1, 0.15) is 6.61 Å². The molecule has 0 saturated carbocycles. The second-order valence-electron chi connectivity index (χ2n) is 4.79. The summed E-state index contributed by atoms with van der Waals surface area (Å²) in [4.78, 5) is 14.9. The van der Waals surface area contributed by atoms with E-state index in [0.717, 1.165) is 25.2 Å². The first kappa shape index (κ1) is 13.1. The van der Waals surface area contributed by atoms with E-state index in [1.807, 2.05) is 35.6 Å². The van der Waals surface area contributed by atoms with Crippen molar-refractivity contribution in [3.8, 4) is 0 Å². The Kier molecular flexibility index (Phi) is 3.71. The SMILES string of the molecule is O=C(CO)Nc1ccc(N2CCc3sccc3C2)cc1. The highest BCUT2D eigenvalue weighted by molar-refractivity contribution is 7.10. The van der Waals surface area contributed by atoms with Crippen molar-refractivity contribution in [1.82, 2.24) is 0 Å². The molecule has 0 spiro atoms. The second-order valence-corrected chi connectivity index (χ2v) is 5.79. The molecule has 2 heterocycles. The Balaban J connectivity index is 1.71. The lowest BCUT2D eigenvalue weighted by molar-refractivity contribution is -0.118. The number of hydrogen-bond donors (Lipinski definition) is 2. The lowest BCUT2D eigenvalue weighted by Gasteiger charge is -2.29. The second kappa shape index (κ2) is 5.64. The minimum Gasteiger partial charge on any atom is -0.387 e. The summed E-state index contributed by atoms with van der Waals surface area (Å²) in [6.45, 7) is 1.48. The van der Waals surface area contributed by atoms with E-state index in [2.05, 4.69) is 21.7 Å². The summed E-state index contributed by atoms with van der Waals surface area (Å²) in [6.07, 6.45) is 1.09. The lowest BCUT2D eigenvalue weighted by Crippen LogP contribution is -2.29. The molecule has 2 N–H and O–H groups in total. The molecule has 1 aliphatic rings. The molecule has 0 radical (unpaired) electrons. The van der Waals surface area contributed by atoms with E-state index < -0.39 is 12.5 Å². The molecule has 5 heteroatoms. The van der Waals surface area contributed by atoms with Gasteiger partial charge in [0.05, 0.1) is 0 Å². The number of carbonyl (C=O) groups is 1. The summed E-state index contributed by atoms with van der Waals surface area (Å²) in [6, 6.07) is 9.94. The van der Waals surface area contributed by atoms with Crippen molar-refractivity contribution in [2.45, 2.75) is 13.0 Å². The van der Waals surface area contributed by atoms with Gasteiger partial charge in [-0.3, -0.25) is 4.79 Å². The predicted octanol–water partition coefficient (Wildman–Crippen LogP) is 2.24. The molecule has 20 heavy (non-hydrogen) atoms. The van der Waals surface area contributed by atoms with E-state index in [0.29, 0.717) is 5.69 Å². The normalized spacial score (nSPS) is 13.9. The molecule has 3 rings (SSSR count). The zero-order valence-electron chi connectivity index (χ0n) is 11.0. The molecule has 0 saturated heterocycles. The third-order valence-corrected chi connectivity index (χ3v) is 4.49. The minimum atomic E-state index is -0.491. The van der Waals surface area contributed by atoms with E-state index >= 15 is 0 Å². The Labute approximate surface area is 121 Å². The maximum atomic E-state index is 11.1. The number of aliphatic hydroxyl groups excluding tert-OH is 1. The molecule has 0 bridgehead atoms. The van der Waals surface area contributed by atoms with Crippen LogP contribution in [0.4, 0.5) is 11.4 Å². The van der Waals surface area contributed by atoms with Crippen molar-refractivity contribution in [3.63, 3.8) is 0 Å². The Bertz CT molecular complexity index is 607. The van der Waals surface area contributed by atoms with E-state index in [1.165, 1.54) is 10.4 Å². The minimum absolute atomic E-state index is 0.390. The summed E-state index contributed by atoms with van der Waals surface area (Å²) in [7, 11) is 0. The van der Waals surface area contributed by atoms with Crippen molar-refractivity contribution in [2.75, 3.05) is 23.4 Å². The number of thiophene rings is 1. The quantitative estimate of drug-likeness (QED) is 0.910. The molecule has 1 aromatic carbocycles. The Morgan fingerprint density at radius 2 is 2.10 bits per heavy atom. The third kappa shape index (κ3) is 2.69. The van der Waals surface area contributed by atoms with Gasteiger partial charge in [-0.1, -0.05) is 0 Å². The average Bonchev–Trinajstić information content (AvgIpc) is 2.95. The van der Waals surface area contributed by atoms with Gasteiger partial charge in [-0.2, -0.15) is 0 Å². The van der Waals surface area contributed by atoms with Crippen molar-refractivity contribution in [3.05, 3.63) is 46.2 Å². The van der Waals surface area contributed by atoms with Crippen molar-refractivity contribution >= 4 is 28.6 Å². The molecule has 1 aliphatic heterocycles. The molecular formula is C15H16N2O2S. The number of carbonyl (C=O) groups excluding carboxylic acids is 1. The van der Waals surface area contributed by atoms with E-state index in [-0.39, 0.29) is 0 Å². The maximum absolute atomic E-state index is 11.1. The van der Waals surface area contributed by atoms with E-state index in [9.17, 15) is 4.79 Å². The molecule has 0 aliphatic carbocycles. The lowest BCUT2D eigenvalue weighted by atomic mass is 10.1. The summed E-state index contributed by atoms with van der Waals surface area (Å²) < 4.78 is 0. The van der Waals surface area contributed by atoms with Crippen LogP contribution in [0.1, 0.15) is 10.4 Å². The first-order valence-electron chi connectivity index (χ1n) is 6.57.